The Morgan fingerprint density at radius 3 is 2.08 bits per heavy atom. The molecule has 1 aliphatic rings. The first-order chi connectivity index (χ1) is 12.2. The smallest absolute Gasteiger partial charge is 0.309 e. The van der Waals surface area contributed by atoms with Crippen LogP contribution in [0.4, 0.5) is 0 Å². The first-order valence-electron chi connectivity index (χ1n) is 10.2. The third kappa shape index (κ3) is 10.1. The van der Waals surface area contributed by atoms with Gasteiger partial charge in [0.2, 0.25) is 5.91 Å². The summed E-state index contributed by atoms with van der Waals surface area (Å²) in [4.78, 5) is 25.7. The Morgan fingerprint density at radius 1 is 0.960 bits per heavy atom. The Labute approximate surface area is 158 Å². The van der Waals surface area contributed by atoms with Crippen LogP contribution in [0.1, 0.15) is 84.0 Å². The largest absolute Gasteiger partial charge is 0.465 e. The average Bonchev–Trinajstić information content (AvgIpc) is 2.63. The molecule has 0 atom stereocenters. The molecule has 1 rings (SSSR count). The molecule has 5 heteroatoms. The Hall–Kier alpha value is -0.770. The summed E-state index contributed by atoms with van der Waals surface area (Å²) in [6.07, 6.45) is 13.2. The van der Waals surface area contributed by atoms with E-state index < -0.39 is 0 Å². The SMILES string of the molecule is CCCCCCCCCCCOC(=O)C1CCN(C(=O)CCCl)CC1. The molecular weight excluding hydrogens is 338 g/mol. The number of carbonyl (C=O) groups is 2. The van der Waals surface area contributed by atoms with Crippen LogP contribution in [0.25, 0.3) is 0 Å². The van der Waals surface area contributed by atoms with E-state index in [9.17, 15) is 9.59 Å². The third-order valence-electron chi connectivity index (χ3n) is 4.98. The van der Waals surface area contributed by atoms with E-state index in [0.717, 1.165) is 12.8 Å². The Kier molecular flexibility index (Phi) is 12.8. The maximum atomic E-state index is 12.1. The van der Waals surface area contributed by atoms with Crippen molar-refractivity contribution in [2.75, 3.05) is 25.6 Å². The van der Waals surface area contributed by atoms with Crippen molar-refractivity contribution in [2.24, 2.45) is 5.92 Å². The van der Waals surface area contributed by atoms with Crippen LogP contribution in [0.5, 0.6) is 0 Å². The minimum absolute atomic E-state index is 0.0429. The maximum Gasteiger partial charge on any atom is 0.309 e. The number of nitrogens with zero attached hydrogens (tertiary/aromatic N) is 1. The summed E-state index contributed by atoms with van der Waals surface area (Å²) >= 11 is 5.60. The van der Waals surface area contributed by atoms with Crippen LogP contribution < -0.4 is 0 Å². The number of carbonyl (C=O) groups excluding carboxylic acids is 2. The van der Waals surface area contributed by atoms with Gasteiger partial charge in [0.25, 0.3) is 0 Å². The van der Waals surface area contributed by atoms with Crippen molar-refractivity contribution < 1.29 is 14.3 Å². The third-order valence-corrected chi connectivity index (χ3v) is 5.17. The standard InChI is InChI=1S/C20H36ClNO3/c1-2-3-4-5-6-7-8-9-10-17-25-20(24)18-12-15-22(16-13-18)19(23)11-14-21/h18H,2-17H2,1H3. The van der Waals surface area contributed by atoms with Crippen molar-refractivity contribution >= 4 is 23.5 Å². The van der Waals surface area contributed by atoms with Gasteiger partial charge in [-0.2, -0.15) is 0 Å². The molecule has 0 unspecified atom stereocenters. The number of halogens is 1. The Balaban J connectivity index is 1.98. The molecule has 1 saturated heterocycles. The van der Waals surface area contributed by atoms with E-state index in [4.69, 9.17) is 16.3 Å². The van der Waals surface area contributed by atoms with Gasteiger partial charge in [-0.15, -0.1) is 11.6 Å². The minimum atomic E-state index is -0.0796. The molecule has 1 amide bonds. The van der Waals surface area contributed by atoms with E-state index in [1.165, 1.54) is 44.9 Å². The zero-order chi connectivity index (χ0) is 18.3. The quantitative estimate of drug-likeness (QED) is 0.261. The van der Waals surface area contributed by atoms with Gasteiger partial charge in [0.05, 0.1) is 12.5 Å². The zero-order valence-electron chi connectivity index (χ0n) is 15.9. The van der Waals surface area contributed by atoms with Gasteiger partial charge in [-0.25, -0.2) is 0 Å². The molecule has 0 saturated carbocycles. The fourth-order valence-electron chi connectivity index (χ4n) is 3.31. The highest BCUT2D eigenvalue weighted by Crippen LogP contribution is 2.19. The Bertz CT molecular complexity index is 368. The topological polar surface area (TPSA) is 46.6 Å². The summed E-state index contributed by atoms with van der Waals surface area (Å²) in [5.41, 5.74) is 0. The number of ether oxygens (including phenoxy) is 1. The highest BCUT2D eigenvalue weighted by atomic mass is 35.5. The number of hydrogen-bond donors (Lipinski definition) is 0. The lowest BCUT2D eigenvalue weighted by molar-refractivity contribution is -0.151. The van der Waals surface area contributed by atoms with Crippen molar-refractivity contribution in [3.63, 3.8) is 0 Å². The lowest BCUT2D eigenvalue weighted by Gasteiger charge is -2.30. The second kappa shape index (κ2) is 14.4. The van der Waals surface area contributed by atoms with Crippen molar-refractivity contribution in [3.8, 4) is 0 Å². The van der Waals surface area contributed by atoms with Gasteiger partial charge in [-0.3, -0.25) is 9.59 Å². The van der Waals surface area contributed by atoms with Crippen LogP contribution in [0.15, 0.2) is 0 Å². The number of amides is 1. The zero-order valence-corrected chi connectivity index (χ0v) is 16.7. The van der Waals surface area contributed by atoms with Gasteiger partial charge in [-0.05, 0) is 19.3 Å². The number of hydrogen-bond acceptors (Lipinski definition) is 3. The van der Waals surface area contributed by atoms with Crippen molar-refractivity contribution in [2.45, 2.75) is 84.0 Å². The second-order valence-corrected chi connectivity index (χ2v) is 7.47. The molecule has 1 fully saturated rings. The van der Waals surface area contributed by atoms with Crippen molar-refractivity contribution in [1.82, 2.24) is 4.90 Å². The molecule has 0 aliphatic carbocycles. The molecule has 0 bridgehead atoms. The Morgan fingerprint density at radius 2 is 1.52 bits per heavy atom. The van der Waals surface area contributed by atoms with E-state index in [-0.39, 0.29) is 17.8 Å². The van der Waals surface area contributed by atoms with Crippen LogP contribution in [0.3, 0.4) is 0 Å². The van der Waals surface area contributed by atoms with Crippen molar-refractivity contribution in [3.05, 3.63) is 0 Å². The van der Waals surface area contributed by atoms with E-state index in [2.05, 4.69) is 6.92 Å². The minimum Gasteiger partial charge on any atom is -0.465 e. The molecular formula is C20H36ClNO3. The van der Waals surface area contributed by atoms with Crippen molar-refractivity contribution in [1.29, 1.82) is 0 Å². The summed E-state index contributed by atoms with van der Waals surface area (Å²) in [6.45, 7) is 4.08. The lowest BCUT2D eigenvalue weighted by Crippen LogP contribution is -2.40. The fourth-order valence-corrected chi connectivity index (χ4v) is 3.47. The van der Waals surface area contributed by atoms with E-state index in [1.807, 2.05) is 4.90 Å². The summed E-state index contributed by atoms with van der Waals surface area (Å²) in [6, 6.07) is 0. The number of unbranched alkanes of at least 4 members (excludes halogenated alkanes) is 8. The molecule has 0 N–H and O–H groups in total. The van der Waals surface area contributed by atoms with Gasteiger partial charge in [0, 0.05) is 25.4 Å². The van der Waals surface area contributed by atoms with Crippen LogP contribution in [-0.4, -0.2) is 42.4 Å². The number of alkyl halides is 1. The molecule has 0 aromatic heterocycles. The summed E-state index contributed by atoms with van der Waals surface area (Å²) in [5, 5.41) is 0. The van der Waals surface area contributed by atoms with Gasteiger partial charge in [-0.1, -0.05) is 58.3 Å². The molecule has 25 heavy (non-hydrogen) atoms. The first kappa shape index (κ1) is 22.3. The fraction of sp³-hybridized carbons (Fsp3) is 0.900. The molecule has 0 aromatic carbocycles. The molecule has 1 aliphatic heterocycles. The highest BCUT2D eigenvalue weighted by Gasteiger charge is 2.27. The summed E-state index contributed by atoms with van der Waals surface area (Å²) in [5.74, 6) is 0.332. The molecule has 0 aromatic rings. The van der Waals surface area contributed by atoms with Crippen LogP contribution in [0.2, 0.25) is 0 Å². The first-order valence-corrected chi connectivity index (χ1v) is 10.7. The monoisotopic (exact) mass is 373 g/mol. The number of piperidine rings is 1. The van der Waals surface area contributed by atoms with Crippen LogP contribution in [-0.2, 0) is 14.3 Å². The number of likely N-dealkylation sites (tertiary alicyclic amines) is 1. The molecule has 1 heterocycles. The predicted octanol–water partition coefficient (Wildman–Crippen LogP) is 4.93. The van der Waals surface area contributed by atoms with E-state index in [0.29, 0.717) is 44.8 Å². The average molecular weight is 374 g/mol. The summed E-state index contributed by atoms with van der Waals surface area (Å²) in [7, 11) is 0. The van der Waals surface area contributed by atoms with Gasteiger partial charge < -0.3 is 9.64 Å². The second-order valence-electron chi connectivity index (χ2n) is 7.09. The normalized spacial score (nSPS) is 15.4. The van der Waals surface area contributed by atoms with E-state index >= 15 is 0 Å². The van der Waals surface area contributed by atoms with E-state index in [1.54, 1.807) is 0 Å². The maximum absolute atomic E-state index is 12.1. The van der Waals surface area contributed by atoms with Gasteiger partial charge in [0.15, 0.2) is 0 Å². The predicted molar refractivity (Wildman–Crippen MR) is 103 cm³/mol. The molecule has 146 valence electrons. The summed E-state index contributed by atoms with van der Waals surface area (Å²) < 4.78 is 5.42. The number of rotatable bonds is 13. The van der Waals surface area contributed by atoms with Gasteiger partial charge in [0.1, 0.15) is 0 Å². The van der Waals surface area contributed by atoms with Crippen LogP contribution >= 0.6 is 11.6 Å². The van der Waals surface area contributed by atoms with Crippen LogP contribution in [0, 0.1) is 5.92 Å². The lowest BCUT2D eigenvalue weighted by atomic mass is 9.97. The molecule has 4 nitrogen and oxygen atoms in total. The highest BCUT2D eigenvalue weighted by molar-refractivity contribution is 6.18. The van der Waals surface area contributed by atoms with Gasteiger partial charge >= 0.3 is 5.97 Å². The number of esters is 1. The molecule has 0 spiro atoms. The molecule has 0 radical (unpaired) electrons.